The van der Waals surface area contributed by atoms with E-state index in [-0.39, 0.29) is 23.3 Å². The number of nitrogens with one attached hydrogen (secondary N) is 1. The molecule has 3 aliphatic carbocycles. The highest BCUT2D eigenvalue weighted by Crippen LogP contribution is 2.61. The quantitative estimate of drug-likeness (QED) is 0.718. The largest absolute Gasteiger partial charge is 0.508 e. The second kappa shape index (κ2) is 8.48. The van der Waals surface area contributed by atoms with Gasteiger partial charge >= 0.3 is 0 Å². The van der Waals surface area contributed by atoms with Crippen LogP contribution in [-0.4, -0.2) is 36.1 Å². The van der Waals surface area contributed by atoms with Gasteiger partial charge in [-0.1, -0.05) is 19.9 Å². The minimum absolute atomic E-state index is 0.00491. The third kappa shape index (κ3) is 3.67. The van der Waals surface area contributed by atoms with Crippen LogP contribution < -0.4 is 5.32 Å². The Morgan fingerprint density at radius 3 is 2.88 bits per heavy atom. The van der Waals surface area contributed by atoms with Crippen LogP contribution in [-0.2, 0) is 27.2 Å². The lowest BCUT2D eigenvalue weighted by atomic mass is 9.55. The molecule has 1 heterocycles. The van der Waals surface area contributed by atoms with E-state index in [2.05, 4.69) is 25.2 Å². The molecule has 5 rings (SSSR count). The molecule has 0 radical (unpaired) electrons. The molecule has 3 fully saturated rings. The SMILES string of the molecule is CCc1cc2c(cc1O)CC[C@@H]1[C@@H]2CC[C@]2(C)C(=O)[C@@H](CC(=O)NCC3CCCO3)C[C@@H]12. The zero-order valence-electron chi connectivity index (χ0n) is 19.5. The third-order valence-corrected chi connectivity index (χ3v) is 9.15. The second-order valence-corrected chi connectivity index (χ2v) is 10.8. The van der Waals surface area contributed by atoms with Crippen molar-refractivity contribution in [3.63, 3.8) is 0 Å². The number of hydrogen-bond acceptors (Lipinski definition) is 4. The Kier molecular flexibility index (Phi) is 5.81. The standard InChI is InChI=1S/C27H37NO4/c1-3-16-11-22-17(13-24(16)29)6-7-21-20(22)8-9-27(2)23(21)12-18(26(27)31)14-25(30)28-15-19-5-4-10-32-19/h11,13,18-21,23,29H,3-10,12,14-15H2,1-2H3,(H,28,30)/t18-,19?,20+,21-,23+,27+/m1/s1. The monoisotopic (exact) mass is 439 g/mol. The summed E-state index contributed by atoms with van der Waals surface area (Å²) in [6.45, 7) is 5.61. The van der Waals surface area contributed by atoms with Crippen molar-refractivity contribution in [1.82, 2.24) is 5.32 Å². The minimum Gasteiger partial charge on any atom is -0.508 e. The molecule has 32 heavy (non-hydrogen) atoms. The summed E-state index contributed by atoms with van der Waals surface area (Å²) < 4.78 is 5.60. The fourth-order valence-corrected chi connectivity index (χ4v) is 7.38. The van der Waals surface area contributed by atoms with Gasteiger partial charge in [-0.05, 0) is 91.9 Å². The van der Waals surface area contributed by atoms with E-state index in [1.165, 1.54) is 11.1 Å². The molecular formula is C27H37NO4. The molecule has 4 aliphatic rings. The van der Waals surface area contributed by atoms with Gasteiger partial charge in [0.05, 0.1) is 6.10 Å². The van der Waals surface area contributed by atoms with Gasteiger partial charge in [-0.15, -0.1) is 0 Å². The van der Waals surface area contributed by atoms with E-state index < -0.39 is 0 Å². The van der Waals surface area contributed by atoms with Crippen LogP contribution in [0.4, 0.5) is 0 Å². The van der Waals surface area contributed by atoms with Crippen molar-refractivity contribution in [2.75, 3.05) is 13.2 Å². The fourth-order valence-electron chi connectivity index (χ4n) is 7.38. The summed E-state index contributed by atoms with van der Waals surface area (Å²) in [6.07, 6.45) is 8.19. The maximum absolute atomic E-state index is 13.5. The molecule has 6 atom stereocenters. The van der Waals surface area contributed by atoms with Gasteiger partial charge in [0.2, 0.25) is 5.91 Å². The Balaban J connectivity index is 1.30. The highest BCUT2D eigenvalue weighted by atomic mass is 16.5. The number of aromatic hydroxyl groups is 1. The predicted octanol–water partition coefficient (Wildman–Crippen LogP) is 4.29. The number of phenolic OH excluding ortho intramolecular Hbond substituents is 1. The number of phenols is 1. The topological polar surface area (TPSA) is 75.6 Å². The summed E-state index contributed by atoms with van der Waals surface area (Å²) in [7, 11) is 0. The first-order valence-corrected chi connectivity index (χ1v) is 12.7. The van der Waals surface area contributed by atoms with Crippen molar-refractivity contribution in [3.8, 4) is 5.75 Å². The summed E-state index contributed by atoms with van der Waals surface area (Å²) in [5, 5.41) is 13.3. The number of carbonyl (C=O) groups is 2. The molecule has 1 unspecified atom stereocenters. The van der Waals surface area contributed by atoms with Crippen LogP contribution in [0.3, 0.4) is 0 Å². The molecule has 1 aromatic rings. The second-order valence-electron chi connectivity index (χ2n) is 10.8. The summed E-state index contributed by atoms with van der Waals surface area (Å²) in [5.74, 6) is 1.92. The van der Waals surface area contributed by atoms with Gasteiger partial charge in [0.15, 0.2) is 0 Å². The molecule has 5 nitrogen and oxygen atoms in total. The predicted molar refractivity (Wildman–Crippen MR) is 123 cm³/mol. The van der Waals surface area contributed by atoms with E-state index >= 15 is 0 Å². The lowest BCUT2D eigenvalue weighted by Crippen LogP contribution is -2.42. The number of ether oxygens (including phenoxy) is 1. The molecule has 1 saturated heterocycles. The van der Waals surface area contributed by atoms with Gasteiger partial charge in [-0.2, -0.15) is 0 Å². The van der Waals surface area contributed by atoms with E-state index in [9.17, 15) is 14.7 Å². The number of amides is 1. The van der Waals surface area contributed by atoms with Crippen LogP contribution in [0.1, 0.15) is 81.4 Å². The Bertz CT molecular complexity index is 905. The first kappa shape index (κ1) is 21.9. The van der Waals surface area contributed by atoms with E-state index in [0.29, 0.717) is 42.3 Å². The number of carbonyl (C=O) groups excluding carboxylic acids is 2. The first-order valence-electron chi connectivity index (χ1n) is 12.7. The van der Waals surface area contributed by atoms with E-state index in [0.717, 1.165) is 63.5 Å². The zero-order chi connectivity index (χ0) is 22.5. The molecule has 2 saturated carbocycles. The van der Waals surface area contributed by atoms with Crippen LogP contribution in [0.2, 0.25) is 0 Å². The highest BCUT2D eigenvalue weighted by molar-refractivity contribution is 5.93. The highest BCUT2D eigenvalue weighted by Gasteiger charge is 2.58. The molecule has 0 aromatic heterocycles. The van der Waals surface area contributed by atoms with Gasteiger partial charge in [0.1, 0.15) is 11.5 Å². The number of hydrogen-bond donors (Lipinski definition) is 2. The summed E-state index contributed by atoms with van der Waals surface area (Å²) >= 11 is 0. The van der Waals surface area contributed by atoms with Crippen molar-refractivity contribution in [3.05, 3.63) is 28.8 Å². The number of benzene rings is 1. The Morgan fingerprint density at radius 1 is 1.28 bits per heavy atom. The molecule has 174 valence electrons. The van der Waals surface area contributed by atoms with Crippen LogP contribution in [0, 0.1) is 23.2 Å². The van der Waals surface area contributed by atoms with Crippen LogP contribution in [0.15, 0.2) is 12.1 Å². The van der Waals surface area contributed by atoms with Crippen molar-refractivity contribution >= 4 is 11.7 Å². The molecule has 0 spiro atoms. The maximum Gasteiger partial charge on any atom is 0.220 e. The number of rotatable bonds is 5. The molecule has 2 N–H and O–H groups in total. The zero-order valence-corrected chi connectivity index (χ0v) is 19.5. The Labute approximate surface area is 191 Å². The van der Waals surface area contributed by atoms with Crippen LogP contribution in [0.25, 0.3) is 0 Å². The number of ketones is 1. The third-order valence-electron chi connectivity index (χ3n) is 9.15. The number of fused-ring (bicyclic) bond motifs is 5. The van der Waals surface area contributed by atoms with E-state index in [1.54, 1.807) is 0 Å². The van der Waals surface area contributed by atoms with E-state index in [1.807, 2.05) is 6.07 Å². The Hall–Kier alpha value is -1.88. The number of aryl methyl sites for hydroxylation is 2. The normalized spacial score (nSPS) is 35.8. The lowest BCUT2D eigenvalue weighted by Gasteiger charge is -2.48. The summed E-state index contributed by atoms with van der Waals surface area (Å²) in [6, 6.07) is 4.22. The summed E-state index contributed by atoms with van der Waals surface area (Å²) in [4.78, 5) is 26.1. The smallest absolute Gasteiger partial charge is 0.220 e. The Morgan fingerprint density at radius 2 is 2.12 bits per heavy atom. The number of Topliss-reactive ketones (excluding diaryl/α,β-unsaturated/α-hetero) is 1. The minimum atomic E-state index is -0.289. The molecule has 0 bridgehead atoms. The molecular weight excluding hydrogens is 402 g/mol. The van der Waals surface area contributed by atoms with Gasteiger partial charge in [-0.3, -0.25) is 9.59 Å². The fraction of sp³-hybridized carbons (Fsp3) is 0.704. The molecule has 1 aromatic carbocycles. The van der Waals surface area contributed by atoms with Gasteiger partial charge < -0.3 is 15.2 Å². The van der Waals surface area contributed by atoms with Crippen molar-refractivity contribution in [1.29, 1.82) is 0 Å². The molecule has 1 amide bonds. The van der Waals surface area contributed by atoms with Gasteiger partial charge in [-0.25, -0.2) is 0 Å². The van der Waals surface area contributed by atoms with Crippen molar-refractivity contribution in [2.24, 2.45) is 23.2 Å². The molecule has 5 heteroatoms. The maximum atomic E-state index is 13.5. The van der Waals surface area contributed by atoms with Crippen molar-refractivity contribution < 1.29 is 19.4 Å². The van der Waals surface area contributed by atoms with Crippen LogP contribution in [0.5, 0.6) is 5.75 Å². The first-order chi connectivity index (χ1) is 15.4. The van der Waals surface area contributed by atoms with Gasteiger partial charge in [0.25, 0.3) is 0 Å². The average Bonchev–Trinajstić information content (AvgIpc) is 3.39. The van der Waals surface area contributed by atoms with Crippen LogP contribution >= 0.6 is 0 Å². The average molecular weight is 440 g/mol. The van der Waals surface area contributed by atoms with Gasteiger partial charge in [0, 0.05) is 30.9 Å². The van der Waals surface area contributed by atoms with E-state index in [4.69, 9.17) is 4.74 Å². The van der Waals surface area contributed by atoms with Crippen molar-refractivity contribution in [2.45, 2.75) is 83.7 Å². The molecule has 1 aliphatic heterocycles. The lowest BCUT2D eigenvalue weighted by molar-refractivity contribution is -0.134. The summed E-state index contributed by atoms with van der Waals surface area (Å²) in [5.41, 5.74) is 3.44.